The quantitative estimate of drug-likeness (QED) is 0.810. The largest absolute Gasteiger partial charge is 0.573 e. The summed E-state index contributed by atoms with van der Waals surface area (Å²) in [5.41, 5.74) is 5.10. The molecule has 1 heterocycles. The summed E-state index contributed by atoms with van der Waals surface area (Å²) in [6, 6.07) is 2.60. The summed E-state index contributed by atoms with van der Waals surface area (Å²) in [7, 11) is 0. The lowest BCUT2D eigenvalue weighted by Gasteiger charge is -2.11. The minimum absolute atomic E-state index is 0.0218. The van der Waals surface area contributed by atoms with E-state index in [-0.39, 0.29) is 17.8 Å². The molecule has 0 aliphatic rings. The maximum Gasteiger partial charge on any atom is 0.573 e. The van der Waals surface area contributed by atoms with Gasteiger partial charge in [-0.25, -0.2) is 0 Å². The fourth-order valence-corrected chi connectivity index (χ4v) is 0.900. The molecule has 0 aliphatic heterocycles. The molecular formula is C8H6F3N3O. The van der Waals surface area contributed by atoms with Crippen molar-refractivity contribution in [1.82, 2.24) is 4.98 Å². The van der Waals surface area contributed by atoms with Gasteiger partial charge in [0.2, 0.25) is 0 Å². The first kappa shape index (κ1) is 11.3. The number of nitrogens with two attached hydrogens (primary N) is 1. The van der Waals surface area contributed by atoms with Crippen LogP contribution in [-0.4, -0.2) is 11.3 Å². The molecule has 1 aromatic rings. The van der Waals surface area contributed by atoms with Crippen molar-refractivity contribution in [3.8, 4) is 11.8 Å². The van der Waals surface area contributed by atoms with Crippen molar-refractivity contribution in [2.45, 2.75) is 12.9 Å². The Balaban J connectivity index is 3.08. The van der Waals surface area contributed by atoms with E-state index < -0.39 is 12.1 Å². The van der Waals surface area contributed by atoms with E-state index in [4.69, 9.17) is 11.0 Å². The predicted octanol–water partition coefficient (Wildman–Crippen LogP) is 1.31. The van der Waals surface area contributed by atoms with Crippen LogP contribution in [-0.2, 0) is 6.54 Å². The van der Waals surface area contributed by atoms with Gasteiger partial charge in [-0.1, -0.05) is 0 Å². The molecule has 0 aliphatic carbocycles. The summed E-state index contributed by atoms with van der Waals surface area (Å²) in [5, 5.41) is 8.47. The third kappa shape index (κ3) is 3.11. The summed E-state index contributed by atoms with van der Waals surface area (Å²) < 4.78 is 39.4. The molecule has 1 aromatic heterocycles. The highest BCUT2D eigenvalue weighted by atomic mass is 19.4. The molecule has 15 heavy (non-hydrogen) atoms. The standard InChI is InChI=1S/C8H6F3N3O/c9-8(10,11)15-7-1-5(2-12)4-14-6(7)3-13/h1,4H,3,13H2. The van der Waals surface area contributed by atoms with Gasteiger partial charge in [0, 0.05) is 18.8 Å². The Morgan fingerprint density at radius 3 is 2.67 bits per heavy atom. The van der Waals surface area contributed by atoms with Gasteiger partial charge < -0.3 is 10.5 Å². The molecule has 0 radical (unpaired) electrons. The Kier molecular flexibility index (Phi) is 3.11. The van der Waals surface area contributed by atoms with Crippen LogP contribution in [0.15, 0.2) is 12.3 Å². The first-order valence-corrected chi connectivity index (χ1v) is 3.81. The van der Waals surface area contributed by atoms with Crippen LogP contribution in [0.25, 0.3) is 0 Å². The van der Waals surface area contributed by atoms with Crippen molar-refractivity contribution in [3.05, 3.63) is 23.5 Å². The van der Waals surface area contributed by atoms with Crippen molar-refractivity contribution in [2.75, 3.05) is 0 Å². The van der Waals surface area contributed by atoms with Crippen molar-refractivity contribution in [2.24, 2.45) is 5.73 Å². The second-order valence-electron chi connectivity index (χ2n) is 2.53. The molecule has 1 rings (SSSR count). The summed E-state index contributed by atoms with van der Waals surface area (Å²) in [6.45, 7) is -0.197. The van der Waals surface area contributed by atoms with Crippen molar-refractivity contribution < 1.29 is 17.9 Å². The maximum absolute atomic E-state index is 11.9. The Morgan fingerprint density at radius 1 is 1.53 bits per heavy atom. The summed E-state index contributed by atoms with van der Waals surface area (Å²) >= 11 is 0. The lowest BCUT2D eigenvalue weighted by atomic mass is 10.2. The van der Waals surface area contributed by atoms with Crippen molar-refractivity contribution in [3.63, 3.8) is 0 Å². The second-order valence-corrected chi connectivity index (χ2v) is 2.53. The van der Waals surface area contributed by atoms with E-state index in [0.717, 1.165) is 12.3 Å². The van der Waals surface area contributed by atoms with Gasteiger partial charge in [0.25, 0.3) is 0 Å². The fourth-order valence-electron chi connectivity index (χ4n) is 0.900. The minimum Gasteiger partial charge on any atom is -0.404 e. The van der Waals surface area contributed by atoms with Crippen LogP contribution in [0, 0.1) is 11.3 Å². The summed E-state index contributed by atoms with van der Waals surface area (Å²) in [6.07, 6.45) is -3.69. The van der Waals surface area contributed by atoms with Crippen molar-refractivity contribution >= 4 is 0 Å². The zero-order valence-electron chi connectivity index (χ0n) is 7.38. The number of aromatic nitrogens is 1. The van der Waals surface area contributed by atoms with Gasteiger partial charge >= 0.3 is 6.36 Å². The monoisotopic (exact) mass is 217 g/mol. The maximum atomic E-state index is 11.9. The van der Waals surface area contributed by atoms with Crippen LogP contribution in [0.4, 0.5) is 13.2 Å². The molecule has 4 nitrogen and oxygen atoms in total. The molecule has 7 heteroatoms. The van der Waals surface area contributed by atoms with Crippen LogP contribution in [0.3, 0.4) is 0 Å². The van der Waals surface area contributed by atoms with E-state index in [2.05, 4.69) is 9.72 Å². The minimum atomic E-state index is -4.82. The lowest BCUT2D eigenvalue weighted by molar-refractivity contribution is -0.275. The van der Waals surface area contributed by atoms with Crippen LogP contribution < -0.4 is 10.5 Å². The van der Waals surface area contributed by atoms with Gasteiger partial charge in [0.15, 0.2) is 5.75 Å². The predicted molar refractivity (Wildman–Crippen MR) is 43.5 cm³/mol. The number of halogens is 3. The smallest absolute Gasteiger partial charge is 0.404 e. The van der Waals surface area contributed by atoms with Crippen molar-refractivity contribution in [1.29, 1.82) is 5.26 Å². The van der Waals surface area contributed by atoms with Crippen LogP contribution >= 0.6 is 0 Å². The first-order chi connectivity index (χ1) is 6.96. The summed E-state index contributed by atoms with van der Waals surface area (Å²) in [5.74, 6) is -0.538. The van der Waals surface area contributed by atoms with E-state index in [0.29, 0.717) is 0 Å². The van der Waals surface area contributed by atoms with E-state index in [9.17, 15) is 13.2 Å². The average Bonchev–Trinajstić information content (AvgIpc) is 2.15. The zero-order chi connectivity index (χ0) is 11.5. The third-order valence-electron chi connectivity index (χ3n) is 1.48. The number of rotatable bonds is 2. The van der Waals surface area contributed by atoms with Crippen LogP contribution in [0.1, 0.15) is 11.3 Å². The first-order valence-electron chi connectivity index (χ1n) is 3.81. The lowest BCUT2D eigenvalue weighted by Crippen LogP contribution is -2.19. The number of alkyl halides is 3. The molecule has 80 valence electrons. The van der Waals surface area contributed by atoms with Gasteiger partial charge in [-0.05, 0) is 0 Å². The third-order valence-corrected chi connectivity index (χ3v) is 1.48. The molecule has 2 N–H and O–H groups in total. The van der Waals surface area contributed by atoms with Crippen LogP contribution in [0.2, 0.25) is 0 Å². The molecule has 0 unspecified atom stereocenters. The average molecular weight is 217 g/mol. The van der Waals surface area contributed by atoms with Gasteiger partial charge in [-0.15, -0.1) is 13.2 Å². The van der Waals surface area contributed by atoms with E-state index in [1.54, 1.807) is 6.07 Å². The van der Waals surface area contributed by atoms with Gasteiger partial charge in [-0.3, -0.25) is 4.98 Å². The molecule has 0 fully saturated rings. The van der Waals surface area contributed by atoms with E-state index in [1.807, 2.05) is 0 Å². The molecule has 0 amide bonds. The molecule has 0 spiro atoms. The number of pyridine rings is 1. The fraction of sp³-hybridized carbons (Fsp3) is 0.250. The highest BCUT2D eigenvalue weighted by Crippen LogP contribution is 2.25. The molecule has 0 aromatic carbocycles. The Labute approximate surface area is 83.1 Å². The molecule has 0 bridgehead atoms. The number of nitriles is 1. The second kappa shape index (κ2) is 4.14. The zero-order valence-corrected chi connectivity index (χ0v) is 7.38. The molecule has 0 saturated heterocycles. The number of hydrogen-bond donors (Lipinski definition) is 1. The number of hydrogen-bond acceptors (Lipinski definition) is 4. The van der Waals surface area contributed by atoms with Gasteiger partial charge in [0.05, 0.1) is 11.3 Å². The normalized spacial score (nSPS) is 10.9. The topological polar surface area (TPSA) is 71.9 Å². The summed E-state index contributed by atoms with van der Waals surface area (Å²) in [4.78, 5) is 3.58. The Morgan fingerprint density at radius 2 is 2.20 bits per heavy atom. The Hall–Kier alpha value is -1.81. The molecule has 0 saturated carbocycles. The molecule has 0 atom stereocenters. The number of ether oxygens (including phenoxy) is 1. The van der Waals surface area contributed by atoms with E-state index >= 15 is 0 Å². The highest BCUT2D eigenvalue weighted by molar-refractivity contribution is 5.37. The Bertz CT molecular complexity index is 397. The number of nitrogens with zero attached hydrogens (tertiary/aromatic N) is 2. The molecular weight excluding hydrogens is 211 g/mol. The van der Waals surface area contributed by atoms with Gasteiger partial charge in [-0.2, -0.15) is 5.26 Å². The van der Waals surface area contributed by atoms with Crippen LogP contribution in [0.5, 0.6) is 5.75 Å². The highest BCUT2D eigenvalue weighted by Gasteiger charge is 2.32. The SMILES string of the molecule is N#Cc1cnc(CN)c(OC(F)(F)F)c1. The van der Waals surface area contributed by atoms with Gasteiger partial charge in [0.1, 0.15) is 6.07 Å². The van der Waals surface area contributed by atoms with E-state index in [1.165, 1.54) is 0 Å².